The van der Waals surface area contributed by atoms with E-state index in [4.69, 9.17) is 0 Å². The number of hydrogen-bond donors (Lipinski definition) is 2. The number of rotatable bonds is 2. The van der Waals surface area contributed by atoms with Crippen LogP contribution in [0.5, 0.6) is 0 Å². The lowest BCUT2D eigenvalue weighted by Gasteiger charge is -2.05. The monoisotopic (exact) mass is 202 g/mol. The summed E-state index contributed by atoms with van der Waals surface area (Å²) in [6, 6.07) is 6.41. The van der Waals surface area contributed by atoms with Gasteiger partial charge in [-0.25, -0.2) is 0 Å². The maximum Gasteiger partial charge on any atom is 0.251 e. The molecule has 0 bridgehead atoms. The fourth-order valence-corrected chi connectivity index (χ4v) is 1.93. The lowest BCUT2D eigenvalue weighted by molar-refractivity contribution is 0.0951. The van der Waals surface area contributed by atoms with E-state index >= 15 is 0 Å². The summed E-state index contributed by atoms with van der Waals surface area (Å²) >= 11 is 0. The molecular weight excluding hydrogens is 188 g/mol. The molecule has 1 fully saturated rings. The number of hydrogen-bond acceptors (Lipinski definition) is 2. The van der Waals surface area contributed by atoms with Gasteiger partial charge in [0.25, 0.3) is 5.91 Å². The normalized spacial score (nSPS) is 18.7. The van der Waals surface area contributed by atoms with Crippen LogP contribution in [0.3, 0.4) is 0 Å². The highest BCUT2D eigenvalue weighted by Gasteiger charge is 2.24. The summed E-state index contributed by atoms with van der Waals surface area (Å²) in [4.78, 5) is 11.8. The van der Waals surface area contributed by atoms with Gasteiger partial charge in [-0.05, 0) is 36.1 Å². The summed E-state index contributed by atoms with van der Waals surface area (Å²) in [7, 11) is 0. The minimum absolute atomic E-state index is 0.0761. The minimum Gasteiger partial charge on any atom is -0.349 e. The van der Waals surface area contributed by atoms with Crippen LogP contribution in [0.2, 0.25) is 0 Å². The van der Waals surface area contributed by atoms with Crippen molar-refractivity contribution in [2.24, 2.45) is 0 Å². The lowest BCUT2D eigenvalue weighted by atomic mass is 10.1. The zero-order valence-corrected chi connectivity index (χ0v) is 8.55. The van der Waals surface area contributed by atoms with Crippen molar-refractivity contribution in [1.82, 2.24) is 10.6 Å². The molecule has 78 valence electrons. The first-order chi connectivity index (χ1) is 7.33. The first-order valence-corrected chi connectivity index (χ1v) is 5.46. The molecule has 15 heavy (non-hydrogen) atoms. The van der Waals surface area contributed by atoms with Gasteiger partial charge in [0.2, 0.25) is 0 Å². The zero-order chi connectivity index (χ0) is 10.3. The van der Waals surface area contributed by atoms with Gasteiger partial charge in [-0.3, -0.25) is 4.79 Å². The Balaban J connectivity index is 1.82. The standard InChI is InChI=1S/C12H14N2O/c15-12(14-11-3-4-11)8-1-2-9-6-13-7-10(9)5-8/h1-2,5,11,13H,3-4,6-7H2,(H,14,15). The fraction of sp³-hybridized carbons (Fsp3) is 0.417. The van der Waals surface area contributed by atoms with Gasteiger partial charge in [-0.15, -0.1) is 0 Å². The van der Waals surface area contributed by atoms with Crippen molar-refractivity contribution in [2.75, 3.05) is 0 Å². The van der Waals surface area contributed by atoms with Crippen LogP contribution >= 0.6 is 0 Å². The molecule has 1 aliphatic heterocycles. The first-order valence-electron chi connectivity index (χ1n) is 5.46. The molecule has 0 aromatic heterocycles. The van der Waals surface area contributed by atoms with E-state index in [-0.39, 0.29) is 5.91 Å². The van der Waals surface area contributed by atoms with Crippen LogP contribution in [-0.2, 0) is 13.1 Å². The molecule has 1 aromatic carbocycles. The Hall–Kier alpha value is -1.35. The molecule has 0 radical (unpaired) electrons. The van der Waals surface area contributed by atoms with Crippen molar-refractivity contribution in [3.63, 3.8) is 0 Å². The maximum absolute atomic E-state index is 11.8. The van der Waals surface area contributed by atoms with Crippen LogP contribution in [0, 0.1) is 0 Å². The third-order valence-corrected chi connectivity index (χ3v) is 3.01. The molecule has 3 nitrogen and oxygen atoms in total. The molecular formula is C12H14N2O. The Morgan fingerprint density at radius 1 is 1.27 bits per heavy atom. The smallest absolute Gasteiger partial charge is 0.251 e. The summed E-state index contributed by atoms with van der Waals surface area (Å²) in [6.07, 6.45) is 2.27. The number of carbonyl (C=O) groups is 1. The molecule has 3 heteroatoms. The van der Waals surface area contributed by atoms with E-state index < -0.39 is 0 Å². The zero-order valence-electron chi connectivity index (χ0n) is 8.55. The number of benzene rings is 1. The summed E-state index contributed by atoms with van der Waals surface area (Å²) in [5.74, 6) is 0.0761. The molecule has 0 unspecified atom stereocenters. The first kappa shape index (κ1) is 8.92. The third-order valence-electron chi connectivity index (χ3n) is 3.01. The highest BCUT2D eigenvalue weighted by molar-refractivity contribution is 5.94. The summed E-state index contributed by atoms with van der Waals surface area (Å²) in [5.41, 5.74) is 3.38. The number of nitrogens with one attached hydrogen (secondary N) is 2. The Kier molecular flexibility index (Phi) is 1.99. The SMILES string of the molecule is O=C(NC1CC1)c1ccc2c(c1)CNC2. The van der Waals surface area contributed by atoms with Crippen molar-refractivity contribution in [1.29, 1.82) is 0 Å². The van der Waals surface area contributed by atoms with Gasteiger partial charge in [0.1, 0.15) is 0 Å². The second-order valence-corrected chi connectivity index (χ2v) is 4.33. The van der Waals surface area contributed by atoms with Gasteiger partial charge in [0.15, 0.2) is 0 Å². The van der Waals surface area contributed by atoms with E-state index in [1.165, 1.54) is 11.1 Å². The van der Waals surface area contributed by atoms with E-state index in [0.29, 0.717) is 6.04 Å². The van der Waals surface area contributed by atoms with E-state index in [0.717, 1.165) is 31.5 Å². The van der Waals surface area contributed by atoms with Crippen molar-refractivity contribution < 1.29 is 4.79 Å². The Labute approximate surface area is 88.9 Å². The largest absolute Gasteiger partial charge is 0.349 e. The second-order valence-electron chi connectivity index (χ2n) is 4.33. The van der Waals surface area contributed by atoms with E-state index in [2.05, 4.69) is 16.7 Å². The third kappa shape index (κ3) is 1.75. The predicted octanol–water partition coefficient (Wildman–Crippen LogP) is 1.18. The van der Waals surface area contributed by atoms with Gasteiger partial charge in [0, 0.05) is 24.7 Å². The van der Waals surface area contributed by atoms with Crippen molar-refractivity contribution in [3.8, 4) is 0 Å². The molecule has 1 amide bonds. The average Bonchev–Trinajstić information content (AvgIpc) is 2.94. The summed E-state index contributed by atoms with van der Waals surface area (Å²) < 4.78 is 0. The average molecular weight is 202 g/mol. The van der Waals surface area contributed by atoms with Crippen molar-refractivity contribution in [2.45, 2.75) is 32.0 Å². The fourth-order valence-electron chi connectivity index (χ4n) is 1.93. The van der Waals surface area contributed by atoms with Crippen LogP contribution in [0.1, 0.15) is 34.3 Å². The molecule has 1 heterocycles. The number of fused-ring (bicyclic) bond motifs is 1. The number of carbonyl (C=O) groups excluding carboxylic acids is 1. The van der Waals surface area contributed by atoms with Crippen LogP contribution in [0.25, 0.3) is 0 Å². The van der Waals surface area contributed by atoms with Crippen LogP contribution < -0.4 is 10.6 Å². The van der Waals surface area contributed by atoms with Crippen LogP contribution in [0.4, 0.5) is 0 Å². The van der Waals surface area contributed by atoms with Crippen LogP contribution in [-0.4, -0.2) is 11.9 Å². The predicted molar refractivity (Wildman–Crippen MR) is 57.5 cm³/mol. The van der Waals surface area contributed by atoms with Crippen LogP contribution in [0.15, 0.2) is 18.2 Å². The van der Waals surface area contributed by atoms with Gasteiger partial charge in [0.05, 0.1) is 0 Å². The lowest BCUT2D eigenvalue weighted by Crippen LogP contribution is -2.25. The van der Waals surface area contributed by atoms with Crippen molar-refractivity contribution >= 4 is 5.91 Å². The quantitative estimate of drug-likeness (QED) is 0.756. The molecule has 2 aliphatic rings. The minimum atomic E-state index is 0.0761. The van der Waals surface area contributed by atoms with E-state index in [9.17, 15) is 4.79 Å². The molecule has 1 aromatic rings. The molecule has 1 saturated carbocycles. The number of amides is 1. The molecule has 3 rings (SSSR count). The van der Waals surface area contributed by atoms with Gasteiger partial charge < -0.3 is 10.6 Å². The second kappa shape index (κ2) is 3.35. The molecule has 0 saturated heterocycles. The highest BCUT2D eigenvalue weighted by Crippen LogP contribution is 2.21. The topological polar surface area (TPSA) is 41.1 Å². The van der Waals surface area contributed by atoms with E-state index in [1.807, 2.05) is 12.1 Å². The Morgan fingerprint density at radius 3 is 2.87 bits per heavy atom. The Morgan fingerprint density at radius 2 is 2.07 bits per heavy atom. The molecule has 0 atom stereocenters. The summed E-state index contributed by atoms with van der Waals surface area (Å²) in [5, 5.41) is 6.28. The molecule has 2 N–H and O–H groups in total. The highest BCUT2D eigenvalue weighted by atomic mass is 16.1. The Bertz CT molecular complexity index is 410. The van der Waals surface area contributed by atoms with Gasteiger partial charge in [-0.2, -0.15) is 0 Å². The molecule has 0 spiro atoms. The molecule has 1 aliphatic carbocycles. The maximum atomic E-state index is 11.8. The van der Waals surface area contributed by atoms with E-state index in [1.54, 1.807) is 0 Å². The summed E-state index contributed by atoms with van der Waals surface area (Å²) in [6.45, 7) is 1.82. The van der Waals surface area contributed by atoms with Gasteiger partial charge >= 0.3 is 0 Å². The van der Waals surface area contributed by atoms with Crippen molar-refractivity contribution in [3.05, 3.63) is 34.9 Å². The van der Waals surface area contributed by atoms with Gasteiger partial charge in [-0.1, -0.05) is 6.07 Å².